The molecule has 3 nitrogen and oxygen atoms in total. The van der Waals surface area contributed by atoms with Crippen molar-refractivity contribution in [1.29, 1.82) is 0 Å². The largest absolute Gasteiger partial charge is 0.492 e. The normalized spacial score (nSPS) is 10.4. The molecule has 0 atom stereocenters. The van der Waals surface area contributed by atoms with E-state index in [1.165, 1.54) is 0 Å². The molecule has 0 aromatic heterocycles. The lowest BCUT2D eigenvalue weighted by molar-refractivity contribution is 0.0733. The maximum atomic E-state index is 12.2. The van der Waals surface area contributed by atoms with Crippen molar-refractivity contribution in [2.24, 2.45) is 0 Å². The molecule has 0 N–H and O–H groups in total. The maximum Gasteiger partial charge on any atom is 0.343 e. The van der Waals surface area contributed by atoms with Crippen LogP contribution in [-0.2, 0) is 0 Å². The Kier molecular flexibility index (Phi) is 5.61. The fraction of sp³-hybridized carbons (Fsp3) is 0.278. The minimum Gasteiger partial charge on any atom is -0.492 e. The number of rotatable bonds is 5. The van der Waals surface area contributed by atoms with Crippen LogP contribution in [0.5, 0.6) is 11.5 Å². The average molecular weight is 363 g/mol. The van der Waals surface area contributed by atoms with E-state index in [0.717, 1.165) is 27.8 Å². The summed E-state index contributed by atoms with van der Waals surface area (Å²) in [6, 6.07) is 10.9. The number of carbonyl (C=O) groups is 1. The number of aryl methyl sites for hydroxylation is 2. The van der Waals surface area contributed by atoms with Gasteiger partial charge in [0.25, 0.3) is 0 Å². The molecule has 0 aliphatic carbocycles. The number of hydrogen-bond donors (Lipinski definition) is 0. The molecule has 0 saturated heterocycles. The number of hydrogen-bond acceptors (Lipinski definition) is 3. The SMILES string of the molecule is CCCOc1ccc(C(=O)Oc2ccc(C)cc2C)cc1Br. The van der Waals surface area contributed by atoms with Crippen LogP contribution in [0.2, 0.25) is 0 Å². The zero-order valence-electron chi connectivity index (χ0n) is 13.0. The lowest BCUT2D eigenvalue weighted by Crippen LogP contribution is -2.09. The third-order valence-electron chi connectivity index (χ3n) is 3.16. The molecule has 0 spiro atoms. The van der Waals surface area contributed by atoms with E-state index < -0.39 is 0 Å². The first-order chi connectivity index (χ1) is 10.5. The summed E-state index contributed by atoms with van der Waals surface area (Å²) in [6.45, 7) is 6.62. The third-order valence-corrected chi connectivity index (χ3v) is 3.78. The quantitative estimate of drug-likeness (QED) is 0.549. The van der Waals surface area contributed by atoms with Crippen LogP contribution in [-0.4, -0.2) is 12.6 Å². The van der Waals surface area contributed by atoms with Crippen LogP contribution < -0.4 is 9.47 Å². The highest BCUT2D eigenvalue weighted by Gasteiger charge is 2.12. The second-order valence-corrected chi connectivity index (χ2v) is 6.01. The van der Waals surface area contributed by atoms with Crippen LogP contribution in [0.1, 0.15) is 34.8 Å². The van der Waals surface area contributed by atoms with Gasteiger partial charge in [-0.1, -0.05) is 24.6 Å². The van der Waals surface area contributed by atoms with Crippen LogP contribution in [0.25, 0.3) is 0 Å². The molecule has 22 heavy (non-hydrogen) atoms. The van der Waals surface area contributed by atoms with E-state index in [9.17, 15) is 4.79 Å². The Hall–Kier alpha value is -1.81. The van der Waals surface area contributed by atoms with Crippen molar-refractivity contribution < 1.29 is 14.3 Å². The Morgan fingerprint density at radius 1 is 1.09 bits per heavy atom. The van der Waals surface area contributed by atoms with Gasteiger partial charge in [-0.25, -0.2) is 4.79 Å². The first-order valence-corrected chi connectivity index (χ1v) is 8.02. The van der Waals surface area contributed by atoms with Crippen molar-refractivity contribution in [2.45, 2.75) is 27.2 Å². The Morgan fingerprint density at radius 2 is 1.82 bits per heavy atom. The van der Waals surface area contributed by atoms with E-state index in [1.807, 2.05) is 39.0 Å². The predicted octanol–water partition coefficient (Wildman–Crippen LogP) is 5.07. The van der Waals surface area contributed by atoms with Gasteiger partial charge < -0.3 is 9.47 Å². The molecule has 0 aliphatic rings. The number of esters is 1. The molecular weight excluding hydrogens is 344 g/mol. The Balaban J connectivity index is 2.14. The molecular formula is C18H19BrO3. The molecule has 0 heterocycles. The van der Waals surface area contributed by atoms with Gasteiger partial charge in [0.05, 0.1) is 16.6 Å². The van der Waals surface area contributed by atoms with E-state index in [1.54, 1.807) is 18.2 Å². The molecule has 0 amide bonds. The standard InChI is InChI=1S/C18H19BrO3/c1-4-9-21-17-8-6-14(11-15(17)19)18(20)22-16-7-5-12(2)10-13(16)3/h5-8,10-11H,4,9H2,1-3H3. The predicted molar refractivity (Wildman–Crippen MR) is 90.8 cm³/mol. The third kappa shape index (κ3) is 4.10. The summed E-state index contributed by atoms with van der Waals surface area (Å²) in [6.07, 6.45) is 0.933. The first-order valence-electron chi connectivity index (χ1n) is 7.23. The second-order valence-electron chi connectivity index (χ2n) is 5.15. The van der Waals surface area contributed by atoms with E-state index in [0.29, 0.717) is 17.9 Å². The Morgan fingerprint density at radius 3 is 2.45 bits per heavy atom. The smallest absolute Gasteiger partial charge is 0.343 e. The molecule has 2 aromatic rings. The summed E-state index contributed by atoms with van der Waals surface area (Å²) in [7, 11) is 0. The van der Waals surface area contributed by atoms with Crippen molar-refractivity contribution in [1.82, 2.24) is 0 Å². The molecule has 0 aliphatic heterocycles. The van der Waals surface area contributed by atoms with Crippen LogP contribution in [0.4, 0.5) is 0 Å². The van der Waals surface area contributed by atoms with Crippen LogP contribution >= 0.6 is 15.9 Å². The number of carbonyl (C=O) groups excluding carboxylic acids is 1. The average Bonchev–Trinajstić information content (AvgIpc) is 2.48. The van der Waals surface area contributed by atoms with E-state index in [4.69, 9.17) is 9.47 Å². The fourth-order valence-electron chi connectivity index (χ4n) is 2.03. The summed E-state index contributed by atoms with van der Waals surface area (Å²) in [5.74, 6) is 0.928. The zero-order chi connectivity index (χ0) is 16.1. The lowest BCUT2D eigenvalue weighted by atomic mass is 10.1. The van der Waals surface area contributed by atoms with Crippen molar-refractivity contribution in [2.75, 3.05) is 6.61 Å². The van der Waals surface area contributed by atoms with Crippen molar-refractivity contribution >= 4 is 21.9 Å². The fourth-order valence-corrected chi connectivity index (χ4v) is 2.52. The van der Waals surface area contributed by atoms with E-state index in [2.05, 4.69) is 15.9 Å². The van der Waals surface area contributed by atoms with Gasteiger partial charge in [-0.05, 0) is 66.0 Å². The van der Waals surface area contributed by atoms with Crippen molar-refractivity contribution in [3.8, 4) is 11.5 Å². The van der Waals surface area contributed by atoms with Gasteiger partial charge >= 0.3 is 5.97 Å². The van der Waals surface area contributed by atoms with Gasteiger partial charge in [-0.2, -0.15) is 0 Å². The van der Waals surface area contributed by atoms with Gasteiger partial charge in [-0.3, -0.25) is 0 Å². The van der Waals surface area contributed by atoms with E-state index in [-0.39, 0.29) is 5.97 Å². The lowest BCUT2D eigenvalue weighted by Gasteiger charge is -2.10. The van der Waals surface area contributed by atoms with Crippen LogP contribution in [0.15, 0.2) is 40.9 Å². The molecule has 116 valence electrons. The summed E-state index contributed by atoms with van der Waals surface area (Å²) in [5, 5.41) is 0. The molecule has 0 saturated carbocycles. The molecule has 2 aromatic carbocycles. The number of benzene rings is 2. The highest BCUT2D eigenvalue weighted by molar-refractivity contribution is 9.10. The van der Waals surface area contributed by atoms with Crippen molar-refractivity contribution in [3.05, 3.63) is 57.6 Å². The number of halogens is 1. The van der Waals surface area contributed by atoms with Crippen LogP contribution in [0.3, 0.4) is 0 Å². The van der Waals surface area contributed by atoms with E-state index >= 15 is 0 Å². The summed E-state index contributed by atoms with van der Waals surface area (Å²) in [5.41, 5.74) is 2.56. The van der Waals surface area contributed by atoms with Crippen LogP contribution in [0, 0.1) is 13.8 Å². The van der Waals surface area contributed by atoms with Gasteiger partial charge in [0.15, 0.2) is 0 Å². The van der Waals surface area contributed by atoms with Gasteiger partial charge in [0.2, 0.25) is 0 Å². The summed E-state index contributed by atoms with van der Waals surface area (Å²) >= 11 is 3.42. The Bertz CT molecular complexity index is 680. The highest BCUT2D eigenvalue weighted by atomic mass is 79.9. The van der Waals surface area contributed by atoms with Gasteiger partial charge in [0.1, 0.15) is 11.5 Å². The second kappa shape index (κ2) is 7.45. The molecule has 0 bridgehead atoms. The zero-order valence-corrected chi connectivity index (χ0v) is 14.6. The number of ether oxygens (including phenoxy) is 2. The molecule has 2 rings (SSSR count). The summed E-state index contributed by atoms with van der Waals surface area (Å²) < 4.78 is 11.8. The van der Waals surface area contributed by atoms with Gasteiger partial charge in [0, 0.05) is 0 Å². The highest BCUT2D eigenvalue weighted by Crippen LogP contribution is 2.27. The Labute approximate surface area is 139 Å². The molecule has 0 radical (unpaired) electrons. The first kappa shape index (κ1) is 16.6. The molecule has 0 unspecified atom stereocenters. The maximum absolute atomic E-state index is 12.2. The minimum atomic E-state index is -0.380. The van der Waals surface area contributed by atoms with Crippen molar-refractivity contribution in [3.63, 3.8) is 0 Å². The minimum absolute atomic E-state index is 0.380. The molecule has 4 heteroatoms. The molecule has 0 fully saturated rings. The monoisotopic (exact) mass is 362 g/mol. The van der Waals surface area contributed by atoms with Gasteiger partial charge in [-0.15, -0.1) is 0 Å². The topological polar surface area (TPSA) is 35.5 Å². The summed E-state index contributed by atoms with van der Waals surface area (Å²) in [4.78, 5) is 12.2.